The van der Waals surface area contributed by atoms with E-state index >= 15 is 0 Å². The fourth-order valence-electron chi connectivity index (χ4n) is 1.99. The van der Waals surface area contributed by atoms with Gasteiger partial charge in [0.15, 0.2) is 0 Å². The zero-order valence-electron chi connectivity index (χ0n) is 12.8. The summed E-state index contributed by atoms with van der Waals surface area (Å²) in [5.41, 5.74) is 4.96. The Hall–Kier alpha value is -0.650. The van der Waals surface area contributed by atoms with Gasteiger partial charge in [-0.05, 0) is 12.3 Å². The lowest BCUT2D eigenvalue weighted by molar-refractivity contribution is -0.130. The minimum Gasteiger partial charge on any atom is -0.378 e. The molecule has 0 atom stereocenters. The van der Waals surface area contributed by atoms with Crippen LogP contribution in [0.15, 0.2) is 0 Å². The number of carbonyl (C=O) groups is 1. The Morgan fingerprint density at radius 2 is 1.74 bits per heavy atom. The van der Waals surface area contributed by atoms with E-state index in [0.29, 0.717) is 45.4 Å². The van der Waals surface area contributed by atoms with Gasteiger partial charge in [-0.15, -0.1) is 0 Å². The summed E-state index contributed by atoms with van der Waals surface area (Å²) >= 11 is 0. The Bertz CT molecular complexity index is 243. The molecule has 0 saturated carbocycles. The number of amides is 1. The first-order chi connectivity index (χ1) is 8.90. The molecule has 0 fully saturated rings. The normalized spacial score (nSPS) is 11.9. The number of carbonyl (C=O) groups excluding carboxylic acids is 1. The van der Waals surface area contributed by atoms with Crippen LogP contribution >= 0.6 is 0 Å². The average molecular weight is 274 g/mol. The second-order valence-corrected chi connectivity index (χ2v) is 5.75. The number of ether oxygens (including phenoxy) is 2. The Morgan fingerprint density at radius 1 is 1.16 bits per heavy atom. The second kappa shape index (κ2) is 10.2. The van der Waals surface area contributed by atoms with E-state index in [1.54, 1.807) is 0 Å². The van der Waals surface area contributed by atoms with Crippen molar-refractivity contribution >= 4 is 5.91 Å². The first-order valence-corrected chi connectivity index (χ1v) is 7.04. The van der Waals surface area contributed by atoms with Crippen molar-refractivity contribution in [1.29, 1.82) is 0 Å². The largest absolute Gasteiger partial charge is 0.378 e. The molecule has 0 aliphatic heterocycles. The summed E-state index contributed by atoms with van der Waals surface area (Å²) in [7, 11) is 0. The summed E-state index contributed by atoms with van der Waals surface area (Å²) in [6.45, 7) is 11.4. The van der Waals surface area contributed by atoms with Gasteiger partial charge >= 0.3 is 0 Å². The smallest absolute Gasteiger partial charge is 0.225 e. The fraction of sp³-hybridized carbons (Fsp3) is 0.929. The lowest BCUT2D eigenvalue weighted by Crippen LogP contribution is -2.39. The van der Waals surface area contributed by atoms with Gasteiger partial charge in [-0.2, -0.15) is 0 Å². The van der Waals surface area contributed by atoms with E-state index in [0.717, 1.165) is 6.42 Å². The first-order valence-electron chi connectivity index (χ1n) is 7.04. The van der Waals surface area contributed by atoms with Crippen molar-refractivity contribution in [3.63, 3.8) is 0 Å². The number of hydrogen-bond acceptors (Lipinski definition) is 4. The molecule has 19 heavy (non-hydrogen) atoms. The summed E-state index contributed by atoms with van der Waals surface area (Å²) in [5.74, 6) is 0.598. The number of nitrogens with one attached hydrogen (secondary N) is 1. The Morgan fingerprint density at radius 3 is 2.26 bits per heavy atom. The topological polar surface area (TPSA) is 73.6 Å². The molecule has 1 amide bonds. The zero-order chi connectivity index (χ0) is 14.7. The van der Waals surface area contributed by atoms with Crippen LogP contribution in [0.5, 0.6) is 0 Å². The second-order valence-electron chi connectivity index (χ2n) is 5.75. The molecule has 0 aliphatic rings. The van der Waals surface area contributed by atoms with E-state index < -0.39 is 0 Å². The number of nitrogens with two attached hydrogens (primary N) is 1. The van der Waals surface area contributed by atoms with Crippen LogP contribution in [0.1, 0.15) is 34.1 Å². The van der Waals surface area contributed by atoms with Gasteiger partial charge in [0.05, 0.1) is 26.4 Å². The molecule has 0 bridgehead atoms. The molecule has 0 spiro atoms. The SMILES string of the molecule is CC(C)CC(C)(C)C(=O)NCCOCCOCCN. The standard InChI is InChI=1S/C14H30N2O3/c1-12(2)11-14(3,4)13(17)16-6-8-19-10-9-18-7-5-15/h12H,5-11,15H2,1-4H3,(H,16,17). The number of rotatable bonds is 11. The first kappa shape index (κ1) is 18.4. The lowest BCUT2D eigenvalue weighted by atomic mass is 9.83. The minimum atomic E-state index is -0.321. The molecule has 114 valence electrons. The molecule has 0 aromatic rings. The predicted molar refractivity (Wildman–Crippen MR) is 76.9 cm³/mol. The third kappa shape index (κ3) is 9.87. The molecular weight excluding hydrogens is 244 g/mol. The van der Waals surface area contributed by atoms with Gasteiger partial charge in [-0.1, -0.05) is 27.7 Å². The molecule has 0 aromatic heterocycles. The molecule has 0 unspecified atom stereocenters. The van der Waals surface area contributed by atoms with Crippen molar-refractivity contribution in [1.82, 2.24) is 5.32 Å². The van der Waals surface area contributed by atoms with Gasteiger partial charge in [0.25, 0.3) is 0 Å². The summed E-state index contributed by atoms with van der Waals surface area (Å²) < 4.78 is 10.5. The average Bonchev–Trinajstić information content (AvgIpc) is 2.30. The van der Waals surface area contributed by atoms with Crippen LogP contribution in [0.3, 0.4) is 0 Å². The third-order valence-electron chi connectivity index (χ3n) is 2.70. The Balaban J connectivity index is 3.58. The molecule has 0 saturated heterocycles. The van der Waals surface area contributed by atoms with Crippen LogP contribution in [0.4, 0.5) is 0 Å². The molecule has 0 rings (SSSR count). The van der Waals surface area contributed by atoms with Gasteiger partial charge in [0.2, 0.25) is 5.91 Å². The van der Waals surface area contributed by atoms with Gasteiger partial charge < -0.3 is 20.5 Å². The van der Waals surface area contributed by atoms with Crippen molar-refractivity contribution in [2.45, 2.75) is 34.1 Å². The van der Waals surface area contributed by atoms with Gasteiger partial charge in [0.1, 0.15) is 0 Å². The quantitative estimate of drug-likeness (QED) is 0.555. The summed E-state index contributed by atoms with van der Waals surface area (Å²) in [4.78, 5) is 12.0. The molecule has 3 N–H and O–H groups in total. The highest BCUT2D eigenvalue weighted by atomic mass is 16.5. The predicted octanol–water partition coefficient (Wildman–Crippen LogP) is 1.17. The molecule has 5 heteroatoms. The highest BCUT2D eigenvalue weighted by Crippen LogP contribution is 2.25. The van der Waals surface area contributed by atoms with E-state index in [-0.39, 0.29) is 11.3 Å². The maximum Gasteiger partial charge on any atom is 0.225 e. The maximum atomic E-state index is 12.0. The van der Waals surface area contributed by atoms with Crippen LogP contribution in [0.2, 0.25) is 0 Å². The van der Waals surface area contributed by atoms with E-state index in [1.807, 2.05) is 13.8 Å². The van der Waals surface area contributed by atoms with Crippen molar-refractivity contribution in [2.24, 2.45) is 17.1 Å². The van der Waals surface area contributed by atoms with Gasteiger partial charge in [0, 0.05) is 18.5 Å². The van der Waals surface area contributed by atoms with E-state index in [4.69, 9.17) is 15.2 Å². The van der Waals surface area contributed by atoms with Crippen LogP contribution in [0, 0.1) is 11.3 Å². The molecule has 5 nitrogen and oxygen atoms in total. The van der Waals surface area contributed by atoms with Crippen LogP contribution < -0.4 is 11.1 Å². The van der Waals surface area contributed by atoms with E-state index in [9.17, 15) is 4.79 Å². The Kier molecular flexibility index (Phi) is 9.83. The minimum absolute atomic E-state index is 0.0872. The van der Waals surface area contributed by atoms with Crippen molar-refractivity contribution in [2.75, 3.05) is 39.5 Å². The van der Waals surface area contributed by atoms with Gasteiger partial charge in [-0.25, -0.2) is 0 Å². The number of hydrogen-bond donors (Lipinski definition) is 2. The third-order valence-corrected chi connectivity index (χ3v) is 2.70. The zero-order valence-corrected chi connectivity index (χ0v) is 12.8. The van der Waals surface area contributed by atoms with Crippen LogP contribution in [0.25, 0.3) is 0 Å². The fourth-order valence-corrected chi connectivity index (χ4v) is 1.99. The summed E-state index contributed by atoms with van der Waals surface area (Å²) in [6, 6.07) is 0. The molecule has 0 heterocycles. The lowest BCUT2D eigenvalue weighted by Gasteiger charge is -2.25. The molecule has 0 aliphatic carbocycles. The highest BCUT2D eigenvalue weighted by Gasteiger charge is 2.27. The monoisotopic (exact) mass is 274 g/mol. The van der Waals surface area contributed by atoms with Crippen LogP contribution in [-0.2, 0) is 14.3 Å². The van der Waals surface area contributed by atoms with Crippen molar-refractivity contribution in [3.8, 4) is 0 Å². The highest BCUT2D eigenvalue weighted by molar-refractivity contribution is 5.81. The summed E-state index contributed by atoms with van der Waals surface area (Å²) in [6.07, 6.45) is 0.882. The van der Waals surface area contributed by atoms with Crippen molar-refractivity contribution < 1.29 is 14.3 Å². The molecule has 0 radical (unpaired) electrons. The van der Waals surface area contributed by atoms with E-state index in [2.05, 4.69) is 19.2 Å². The van der Waals surface area contributed by atoms with Crippen molar-refractivity contribution in [3.05, 3.63) is 0 Å². The van der Waals surface area contributed by atoms with Gasteiger partial charge in [-0.3, -0.25) is 4.79 Å². The summed E-state index contributed by atoms with van der Waals surface area (Å²) in [5, 5.41) is 2.91. The molecular formula is C14H30N2O3. The van der Waals surface area contributed by atoms with Crippen LogP contribution in [-0.4, -0.2) is 45.4 Å². The molecule has 0 aromatic carbocycles. The van der Waals surface area contributed by atoms with E-state index in [1.165, 1.54) is 0 Å². The maximum absolute atomic E-state index is 12.0. The Labute approximate surface area is 117 Å².